The van der Waals surface area contributed by atoms with Gasteiger partial charge in [0.05, 0.1) is 6.54 Å². The van der Waals surface area contributed by atoms with Crippen molar-refractivity contribution in [1.29, 1.82) is 0 Å². The standard InChI is InChI=1S/C16H22N4O/c1-12(17)13-7-9-20(10-8-13)11-15-18-19-16(21-15)14-5-3-2-4-6-14/h2-6,12-13H,7-11,17H2,1H3. The van der Waals surface area contributed by atoms with Gasteiger partial charge in [0.1, 0.15) is 0 Å². The molecule has 112 valence electrons. The second-order valence-corrected chi connectivity index (χ2v) is 5.84. The van der Waals surface area contributed by atoms with Crippen molar-refractivity contribution in [3.05, 3.63) is 36.2 Å². The largest absolute Gasteiger partial charge is 0.419 e. The number of likely N-dealkylation sites (tertiary alicyclic amines) is 1. The van der Waals surface area contributed by atoms with E-state index in [1.807, 2.05) is 30.3 Å². The predicted molar refractivity (Wildman–Crippen MR) is 81.4 cm³/mol. The van der Waals surface area contributed by atoms with Crippen LogP contribution in [0.2, 0.25) is 0 Å². The fourth-order valence-electron chi connectivity index (χ4n) is 2.84. The van der Waals surface area contributed by atoms with E-state index in [0.717, 1.165) is 38.0 Å². The van der Waals surface area contributed by atoms with Gasteiger partial charge >= 0.3 is 0 Å². The van der Waals surface area contributed by atoms with Crippen molar-refractivity contribution in [3.63, 3.8) is 0 Å². The maximum Gasteiger partial charge on any atom is 0.247 e. The van der Waals surface area contributed by atoms with Crippen LogP contribution in [0.3, 0.4) is 0 Å². The molecule has 1 saturated heterocycles. The zero-order valence-electron chi connectivity index (χ0n) is 12.4. The summed E-state index contributed by atoms with van der Waals surface area (Å²) in [7, 11) is 0. The highest BCUT2D eigenvalue weighted by molar-refractivity contribution is 5.51. The first kappa shape index (κ1) is 14.2. The highest BCUT2D eigenvalue weighted by Gasteiger charge is 2.23. The van der Waals surface area contributed by atoms with E-state index >= 15 is 0 Å². The maximum atomic E-state index is 5.97. The second-order valence-electron chi connectivity index (χ2n) is 5.84. The molecule has 0 aliphatic carbocycles. The minimum absolute atomic E-state index is 0.292. The summed E-state index contributed by atoms with van der Waals surface area (Å²) < 4.78 is 5.76. The Kier molecular flexibility index (Phi) is 4.31. The Morgan fingerprint density at radius 1 is 1.24 bits per heavy atom. The molecule has 0 radical (unpaired) electrons. The molecule has 21 heavy (non-hydrogen) atoms. The van der Waals surface area contributed by atoms with Crippen molar-refractivity contribution in [2.75, 3.05) is 13.1 Å². The molecule has 2 heterocycles. The van der Waals surface area contributed by atoms with E-state index in [1.54, 1.807) is 0 Å². The van der Waals surface area contributed by atoms with E-state index in [9.17, 15) is 0 Å². The Balaban J connectivity index is 1.59. The third-order valence-electron chi connectivity index (χ3n) is 4.22. The van der Waals surface area contributed by atoms with Crippen molar-refractivity contribution in [3.8, 4) is 11.5 Å². The van der Waals surface area contributed by atoms with E-state index in [2.05, 4.69) is 22.0 Å². The van der Waals surface area contributed by atoms with Gasteiger partial charge in [0.15, 0.2) is 0 Å². The fraction of sp³-hybridized carbons (Fsp3) is 0.500. The van der Waals surface area contributed by atoms with Gasteiger partial charge in [-0.2, -0.15) is 0 Å². The number of nitrogens with zero attached hydrogens (tertiary/aromatic N) is 3. The molecular formula is C16H22N4O. The molecule has 3 rings (SSSR count). The molecule has 2 N–H and O–H groups in total. The predicted octanol–water partition coefficient (Wildman–Crippen LogP) is 2.30. The van der Waals surface area contributed by atoms with Gasteiger partial charge in [-0.05, 0) is 50.9 Å². The first-order chi connectivity index (χ1) is 10.2. The van der Waals surface area contributed by atoms with Crippen LogP contribution in [0, 0.1) is 5.92 Å². The fourth-order valence-corrected chi connectivity index (χ4v) is 2.84. The summed E-state index contributed by atoms with van der Waals surface area (Å²) in [6.07, 6.45) is 2.30. The van der Waals surface area contributed by atoms with Gasteiger partial charge < -0.3 is 10.2 Å². The van der Waals surface area contributed by atoms with Gasteiger partial charge in [-0.1, -0.05) is 18.2 Å². The molecule has 1 fully saturated rings. The topological polar surface area (TPSA) is 68.2 Å². The lowest BCUT2D eigenvalue weighted by molar-refractivity contribution is 0.154. The molecule has 1 aliphatic rings. The molecule has 0 saturated carbocycles. The first-order valence-corrected chi connectivity index (χ1v) is 7.58. The molecular weight excluding hydrogens is 264 g/mol. The summed E-state index contributed by atoms with van der Waals surface area (Å²) in [4.78, 5) is 2.36. The molecule has 1 aromatic carbocycles. The van der Waals surface area contributed by atoms with Gasteiger partial charge in [-0.3, -0.25) is 4.90 Å². The summed E-state index contributed by atoms with van der Waals surface area (Å²) in [5.74, 6) is 1.92. The van der Waals surface area contributed by atoms with Crippen LogP contribution in [0.5, 0.6) is 0 Å². The first-order valence-electron chi connectivity index (χ1n) is 7.58. The van der Waals surface area contributed by atoms with Crippen molar-refractivity contribution in [2.24, 2.45) is 11.7 Å². The van der Waals surface area contributed by atoms with Crippen molar-refractivity contribution < 1.29 is 4.42 Å². The molecule has 1 aromatic heterocycles. The third kappa shape index (κ3) is 3.49. The monoisotopic (exact) mass is 286 g/mol. The van der Waals surface area contributed by atoms with E-state index in [4.69, 9.17) is 10.2 Å². The van der Waals surface area contributed by atoms with Crippen LogP contribution in [0.25, 0.3) is 11.5 Å². The zero-order valence-corrected chi connectivity index (χ0v) is 12.4. The van der Waals surface area contributed by atoms with Gasteiger partial charge in [0.25, 0.3) is 0 Å². The average Bonchev–Trinajstić information content (AvgIpc) is 2.97. The van der Waals surface area contributed by atoms with E-state index < -0.39 is 0 Å². The number of hydrogen-bond acceptors (Lipinski definition) is 5. The van der Waals surface area contributed by atoms with Crippen LogP contribution < -0.4 is 5.73 Å². The Morgan fingerprint density at radius 2 is 1.95 bits per heavy atom. The van der Waals surface area contributed by atoms with Crippen LogP contribution in [0.1, 0.15) is 25.7 Å². The number of hydrogen-bond donors (Lipinski definition) is 1. The molecule has 1 aliphatic heterocycles. The molecule has 2 aromatic rings. The zero-order chi connectivity index (χ0) is 14.7. The molecule has 5 heteroatoms. The smallest absolute Gasteiger partial charge is 0.247 e. The maximum absolute atomic E-state index is 5.97. The molecule has 0 bridgehead atoms. The molecule has 0 amide bonds. The quantitative estimate of drug-likeness (QED) is 0.934. The highest BCUT2D eigenvalue weighted by Crippen LogP contribution is 2.22. The number of benzene rings is 1. The van der Waals surface area contributed by atoms with E-state index in [0.29, 0.717) is 23.7 Å². The number of piperidine rings is 1. The summed E-state index contributed by atoms with van der Waals surface area (Å²) in [5.41, 5.74) is 6.94. The average molecular weight is 286 g/mol. The van der Waals surface area contributed by atoms with Crippen molar-refractivity contribution in [1.82, 2.24) is 15.1 Å². The summed E-state index contributed by atoms with van der Waals surface area (Å²) in [6.45, 7) is 4.93. The summed E-state index contributed by atoms with van der Waals surface area (Å²) in [5, 5.41) is 8.29. The van der Waals surface area contributed by atoms with Crippen molar-refractivity contribution in [2.45, 2.75) is 32.4 Å². The van der Waals surface area contributed by atoms with Gasteiger partial charge in [-0.25, -0.2) is 0 Å². The summed E-state index contributed by atoms with van der Waals surface area (Å²) >= 11 is 0. The normalized spacial score (nSPS) is 18.8. The number of nitrogens with two attached hydrogens (primary N) is 1. The van der Waals surface area contributed by atoms with Gasteiger partial charge in [0, 0.05) is 11.6 Å². The molecule has 5 nitrogen and oxygen atoms in total. The van der Waals surface area contributed by atoms with Crippen LogP contribution in [0.4, 0.5) is 0 Å². The number of aromatic nitrogens is 2. The van der Waals surface area contributed by atoms with E-state index in [-0.39, 0.29) is 0 Å². The summed E-state index contributed by atoms with van der Waals surface area (Å²) in [6, 6.07) is 10.2. The van der Waals surface area contributed by atoms with Gasteiger partial charge in [0.2, 0.25) is 11.8 Å². The molecule has 1 unspecified atom stereocenters. The molecule has 0 spiro atoms. The Morgan fingerprint density at radius 3 is 2.62 bits per heavy atom. The number of rotatable bonds is 4. The SMILES string of the molecule is CC(N)C1CCN(Cc2nnc(-c3ccccc3)o2)CC1. The Bertz CT molecular complexity index is 559. The highest BCUT2D eigenvalue weighted by atomic mass is 16.4. The lowest BCUT2D eigenvalue weighted by atomic mass is 9.91. The Hall–Kier alpha value is -1.72. The van der Waals surface area contributed by atoms with Crippen LogP contribution in [0.15, 0.2) is 34.7 Å². The lowest BCUT2D eigenvalue weighted by Crippen LogP contribution is -2.39. The van der Waals surface area contributed by atoms with Crippen LogP contribution in [-0.2, 0) is 6.54 Å². The molecule has 1 atom stereocenters. The lowest BCUT2D eigenvalue weighted by Gasteiger charge is -2.32. The van der Waals surface area contributed by atoms with Crippen LogP contribution >= 0.6 is 0 Å². The van der Waals surface area contributed by atoms with Gasteiger partial charge in [-0.15, -0.1) is 10.2 Å². The minimum atomic E-state index is 0.292. The van der Waals surface area contributed by atoms with Crippen LogP contribution in [-0.4, -0.2) is 34.2 Å². The second kappa shape index (κ2) is 6.37. The Labute approximate surface area is 125 Å². The van der Waals surface area contributed by atoms with E-state index in [1.165, 1.54) is 0 Å². The van der Waals surface area contributed by atoms with Crippen molar-refractivity contribution >= 4 is 0 Å². The minimum Gasteiger partial charge on any atom is -0.419 e. The third-order valence-corrected chi connectivity index (χ3v) is 4.22.